The summed E-state index contributed by atoms with van der Waals surface area (Å²) in [6, 6.07) is 5.66. The zero-order valence-electron chi connectivity index (χ0n) is 13.2. The summed E-state index contributed by atoms with van der Waals surface area (Å²) in [5, 5.41) is 3.43. The van der Waals surface area contributed by atoms with Crippen LogP contribution in [0.3, 0.4) is 0 Å². The van der Waals surface area contributed by atoms with Crippen molar-refractivity contribution >= 4 is 17.5 Å². The molecule has 1 aromatic rings. The van der Waals surface area contributed by atoms with Gasteiger partial charge >= 0.3 is 0 Å². The Hall–Kier alpha value is -1.26. The number of hydrogen-bond acceptors (Lipinski definition) is 3. The topological polar surface area (TPSA) is 47.6 Å². The SMILES string of the molecule is CC(C)COCc1ccc(OCCNC(=O)C2CC2)c(Cl)c1. The van der Waals surface area contributed by atoms with Crippen LogP contribution in [-0.2, 0) is 16.1 Å². The highest BCUT2D eigenvalue weighted by Crippen LogP contribution is 2.28. The molecule has 1 aliphatic rings. The second kappa shape index (κ2) is 8.39. The minimum atomic E-state index is 0.132. The number of amides is 1. The molecule has 4 nitrogen and oxygen atoms in total. The van der Waals surface area contributed by atoms with Gasteiger partial charge in [0.15, 0.2) is 0 Å². The van der Waals surface area contributed by atoms with Crippen molar-refractivity contribution in [2.24, 2.45) is 11.8 Å². The smallest absolute Gasteiger partial charge is 0.223 e. The first kappa shape index (κ1) is 17.1. The van der Waals surface area contributed by atoms with Gasteiger partial charge in [-0.05, 0) is 36.5 Å². The standard InChI is InChI=1S/C17H24ClNO3/c1-12(2)10-21-11-13-3-6-16(15(18)9-13)22-8-7-19-17(20)14-4-5-14/h3,6,9,12,14H,4-5,7-8,10-11H2,1-2H3,(H,19,20). The van der Waals surface area contributed by atoms with Gasteiger partial charge in [-0.15, -0.1) is 0 Å². The molecular weight excluding hydrogens is 302 g/mol. The number of carbonyl (C=O) groups is 1. The molecule has 0 heterocycles. The molecule has 0 saturated heterocycles. The molecule has 1 fully saturated rings. The Kier molecular flexibility index (Phi) is 6.52. The molecule has 1 saturated carbocycles. The molecule has 1 N–H and O–H groups in total. The van der Waals surface area contributed by atoms with Gasteiger partial charge in [0.2, 0.25) is 5.91 Å². The molecule has 0 unspecified atom stereocenters. The summed E-state index contributed by atoms with van der Waals surface area (Å²) in [7, 11) is 0. The van der Waals surface area contributed by atoms with Crippen molar-refractivity contribution in [1.29, 1.82) is 0 Å². The van der Waals surface area contributed by atoms with E-state index in [4.69, 9.17) is 21.1 Å². The van der Waals surface area contributed by atoms with Crippen LogP contribution in [0, 0.1) is 11.8 Å². The summed E-state index contributed by atoms with van der Waals surface area (Å²) in [5.41, 5.74) is 1.03. The lowest BCUT2D eigenvalue weighted by atomic mass is 10.2. The van der Waals surface area contributed by atoms with E-state index < -0.39 is 0 Å². The van der Waals surface area contributed by atoms with Gasteiger partial charge in [0.1, 0.15) is 12.4 Å². The van der Waals surface area contributed by atoms with Gasteiger partial charge in [0.25, 0.3) is 0 Å². The summed E-state index contributed by atoms with van der Waals surface area (Å²) < 4.78 is 11.2. The van der Waals surface area contributed by atoms with Gasteiger partial charge in [-0.1, -0.05) is 31.5 Å². The lowest BCUT2D eigenvalue weighted by molar-refractivity contribution is -0.122. The van der Waals surface area contributed by atoms with Crippen molar-refractivity contribution in [3.63, 3.8) is 0 Å². The van der Waals surface area contributed by atoms with E-state index in [1.54, 1.807) is 0 Å². The molecule has 2 rings (SSSR count). The Morgan fingerprint density at radius 2 is 2.18 bits per heavy atom. The van der Waals surface area contributed by atoms with E-state index in [1.165, 1.54) is 0 Å². The normalized spacial score (nSPS) is 14.2. The van der Waals surface area contributed by atoms with Crippen molar-refractivity contribution in [2.45, 2.75) is 33.3 Å². The average molecular weight is 326 g/mol. The highest BCUT2D eigenvalue weighted by Gasteiger charge is 2.29. The lowest BCUT2D eigenvalue weighted by Crippen LogP contribution is -2.29. The molecule has 1 amide bonds. The summed E-state index contributed by atoms with van der Waals surface area (Å²) in [4.78, 5) is 11.5. The number of rotatable bonds is 9. The first-order valence-electron chi connectivity index (χ1n) is 7.83. The fraction of sp³-hybridized carbons (Fsp3) is 0.588. The van der Waals surface area contributed by atoms with E-state index >= 15 is 0 Å². The Morgan fingerprint density at radius 3 is 2.82 bits per heavy atom. The maximum Gasteiger partial charge on any atom is 0.223 e. The number of halogens is 1. The number of hydrogen-bond donors (Lipinski definition) is 1. The average Bonchev–Trinajstić information content (AvgIpc) is 3.29. The van der Waals surface area contributed by atoms with Crippen molar-refractivity contribution in [3.05, 3.63) is 28.8 Å². The quantitative estimate of drug-likeness (QED) is 0.708. The third kappa shape index (κ3) is 5.85. The second-order valence-electron chi connectivity index (χ2n) is 6.09. The van der Waals surface area contributed by atoms with Gasteiger partial charge in [-0.25, -0.2) is 0 Å². The van der Waals surface area contributed by atoms with Gasteiger partial charge in [0.05, 0.1) is 18.2 Å². The third-order valence-corrected chi connectivity index (χ3v) is 3.62. The van der Waals surface area contributed by atoms with Crippen LogP contribution >= 0.6 is 11.6 Å². The molecule has 0 aliphatic heterocycles. The van der Waals surface area contributed by atoms with Crippen LogP contribution in [0.2, 0.25) is 5.02 Å². The predicted octanol–water partition coefficient (Wildman–Crippen LogP) is 3.42. The molecule has 1 aliphatic carbocycles. The monoisotopic (exact) mass is 325 g/mol. The first-order chi connectivity index (χ1) is 10.6. The largest absolute Gasteiger partial charge is 0.490 e. The summed E-state index contributed by atoms with van der Waals surface area (Å²) in [6.45, 7) is 6.44. The molecular formula is C17H24ClNO3. The molecule has 5 heteroatoms. The number of benzene rings is 1. The molecule has 0 aromatic heterocycles. The van der Waals surface area contributed by atoms with Gasteiger partial charge in [-0.3, -0.25) is 4.79 Å². The Morgan fingerprint density at radius 1 is 1.41 bits per heavy atom. The van der Waals surface area contributed by atoms with Crippen molar-refractivity contribution in [2.75, 3.05) is 19.8 Å². The zero-order valence-corrected chi connectivity index (χ0v) is 14.0. The van der Waals surface area contributed by atoms with E-state index in [9.17, 15) is 4.79 Å². The van der Waals surface area contributed by atoms with E-state index in [1.807, 2.05) is 18.2 Å². The molecule has 0 spiro atoms. The fourth-order valence-corrected chi connectivity index (χ4v) is 2.25. The molecule has 0 atom stereocenters. The molecule has 0 radical (unpaired) electrons. The van der Waals surface area contributed by atoms with Crippen LogP contribution in [0.25, 0.3) is 0 Å². The van der Waals surface area contributed by atoms with Gasteiger partial charge in [0, 0.05) is 12.5 Å². The first-order valence-corrected chi connectivity index (χ1v) is 8.20. The molecule has 1 aromatic carbocycles. The maximum absolute atomic E-state index is 11.5. The van der Waals surface area contributed by atoms with Crippen LogP contribution < -0.4 is 10.1 Å². The van der Waals surface area contributed by atoms with E-state index in [-0.39, 0.29) is 11.8 Å². The van der Waals surface area contributed by atoms with Crippen LogP contribution in [-0.4, -0.2) is 25.7 Å². The number of carbonyl (C=O) groups excluding carboxylic acids is 1. The Labute approximate surface area is 137 Å². The zero-order chi connectivity index (χ0) is 15.9. The molecule has 122 valence electrons. The fourth-order valence-electron chi connectivity index (χ4n) is 1.99. The summed E-state index contributed by atoms with van der Waals surface area (Å²) >= 11 is 6.20. The Bertz CT molecular complexity index is 501. The molecule has 0 bridgehead atoms. The van der Waals surface area contributed by atoms with E-state index in [0.717, 1.165) is 25.0 Å². The number of ether oxygens (including phenoxy) is 2. The number of nitrogens with one attached hydrogen (secondary N) is 1. The van der Waals surface area contributed by atoms with Crippen LogP contribution in [0.1, 0.15) is 32.3 Å². The minimum absolute atomic E-state index is 0.132. The van der Waals surface area contributed by atoms with Gasteiger partial charge in [-0.2, -0.15) is 0 Å². The van der Waals surface area contributed by atoms with Crippen molar-refractivity contribution in [3.8, 4) is 5.75 Å². The highest BCUT2D eigenvalue weighted by molar-refractivity contribution is 6.32. The van der Waals surface area contributed by atoms with E-state index in [2.05, 4.69) is 19.2 Å². The molecule has 22 heavy (non-hydrogen) atoms. The Balaban J connectivity index is 1.70. The highest BCUT2D eigenvalue weighted by atomic mass is 35.5. The van der Waals surface area contributed by atoms with Crippen LogP contribution in [0.15, 0.2) is 18.2 Å². The van der Waals surface area contributed by atoms with Crippen molar-refractivity contribution < 1.29 is 14.3 Å². The van der Waals surface area contributed by atoms with Crippen LogP contribution in [0.5, 0.6) is 5.75 Å². The maximum atomic E-state index is 11.5. The van der Waals surface area contributed by atoms with Crippen molar-refractivity contribution in [1.82, 2.24) is 5.32 Å². The van der Waals surface area contributed by atoms with Gasteiger partial charge < -0.3 is 14.8 Å². The van der Waals surface area contributed by atoms with E-state index in [0.29, 0.717) is 36.4 Å². The summed E-state index contributed by atoms with van der Waals surface area (Å²) in [5.74, 6) is 1.51. The van der Waals surface area contributed by atoms with Crippen LogP contribution in [0.4, 0.5) is 0 Å². The summed E-state index contributed by atoms with van der Waals surface area (Å²) in [6.07, 6.45) is 2.03. The minimum Gasteiger partial charge on any atom is -0.490 e. The lowest BCUT2D eigenvalue weighted by Gasteiger charge is -2.11. The predicted molar refractivity (Wildman–Crippen MR) is 87.2 cm³/mol. The second-order valence-corrected chi connectivity index (χ2v) is 6.49. The third-order valence-electron chi connectivity index (χ3n) is 3.32.